The van der Waals surface area contributed by atoms with Gasteiger partial charge in [0.25, 0.3) is 0 Å². The van der Waals surface area contributed by atoms with Crippen LogP contribution in [-0.2, 0) is 4.79 Å². The van der Waals surface area contributed by atoms with Crippen LogP contribution in [-0.4, -0.2) is 20.9 Å². The maximum Gasteiger partial charge on any atom is 0.248 e. The molecule has 0 bridgehead atoms. The summed E-state index contributed by atoms with van der Waals surface area (Å²) in [4.78, 5) is 13.3. The van der Waals surface area contributed by atoms with Crippen molar-refractivity contribution in [3.63, 3.8) is 0 Å². The van der Waals surface area contributed by atoms with Gasteiger partial charge < -0.3 is 5.32 Å². The molecule has 0 aliphatic carbocycles. The number of para-hydroxylation sites is 1. The maximum atomic E-state index is 12.8. The molecule has 23 heavy (non-hydrogen) atoms. The van der Waals surface area contributed by atoms with E-state index in [4.69, 9.17) is 0 Å². The van der Waals surface area contributed by atoms with Crippen molar-refractivity contribution in [2.45, 2.75) is 0 Å². The normalized spacial score (nSPS) is 10.8. The molecule has 0 aliphatic heterocycles. The van der Waals surface area contributed by atoms with Gasteiger partial charge in [0.2, 0.25) is 5.91 Å². The van der Waals surface area contributed by atoms with Crippen molar-refractivity contribution in [3.8, 4) is 5.69 Å². The summed E-state index contributed by atoms with van der Waals surface area (Å²) in [6.07, 6.45) is 4.47. The number of halogens is 1. The largest absolute Gasteiger partial charge is 0.323 e. The Kier molecular flexibility index (Phi) is 4.24. The minimum atomic E-state index is -0.351. The fraction of sp³-hybridized carbons (Fsp3) is 0. The number of anilines is 1. The second-order valence-electron chi connectivity index (χ2n) is 4.72. The molecule has 0 unspecified atom stereocenters. The molecule has 1 heterocycles. The molecular formula is C17H13FN4O. The second-order valence-corrected chi connectivity index (χ2v) is 4.72. The zero-order chi connectivity index (χ0) is 16.1. The van der Waals surface area contributed by atoms with Crippen molar-refractivity contribution in [2.24, 2.45) is 0 Å². The van der Waals surface area contributed by atoms with E-state index >= 15 is 0 Å². The fourth-order valence-corrected chi connectivity index (χ4v) is 1.92. The number of rotatable bonds is 4. The van der Waals surface area contributed by atoms with E-state index in [1.165, 1.54) is 35.1 Å². The number of carbonyl (C=O) groups is 1. The topological polar surface area (TPSA) is 59.8 Å². The molecule has 6 heteroatoms. The predicted molar refractivity (Wildman–Crippen MR) is 85.4 cm³/mol. The Morgan fingerprint density at radius 2 is 1.83 bits per heavy atom. The van der Waals surface area contributed by atoms with Gasteiger partial charge in [-0.2, -0.15) is 9.90 Å². The number of aromatic nitrogens is 3. The summed E-state index contributed by atoms with van der Waals surface area (Å²) in [7, 11) is 0. The second kappa shape index (κ2) is 6.65. The molecular weight excluding hydrogens is 295 g/mol. The van der Waals surface area contributed by atoms with Crippen LogP contribution in [0, 0.1) is 5.82 Å². The van der Waals surface area contributed by atoms with Gasteiger partial charge in [-0.05, 0) is 42.5 Å². The predicted octanol–water partition coefficient (Wildman–Crippen LogP) is 3.06. The molecule has 1 amide bonds. The van der Waals surface area contributed by atoms with Gasteiger partial charge in [-0.3, -0.25) is 4.79 Å². The number of hydrogen-bond acceptors (Lipinski definition) is 3. The third-order valence-corrected chi connectivity index (χ3v) is 3.01. The van der Waals surface area contributed by atoms with Gasteiger partial charge >= 0.3 is 0 Å². The smallest absolute Gasteiger partial charge is 0.248 e. The van der Waals surface area contributed by atoms with Crippen LogP contribution >= 0.6 is 0 Å². The Hall–Kier alpha value is -3.28. The first-order chi connectivity index (χ1) is 11.2. The summed E-state index contributed by atoms with van der Waals surface area (Å²) in [5.74, 6) is -0.679. The third kappa shape index (κ3) is 3.88. The summed E-state index contributed by atoms with van der Waals surface area (Å²) in [5.41, 5.74) is 1.92. The summed E-state index contributed by atoms with van der Waals surface area (Å²) in [6.45, 7) is 0. The van der Waals surface area contributed by atoms with Crippen LogP contribution in [0.4, 0.5) is 10.1 Å². The van der Waals surface area contributed by atoms with Crippen molar-refractivity contribution in [1.82, 2.24) is 15.0 Å². The molecule has 0 fully saturated rings. The Bertz CT molecular complexity index is 825. The molecule has 114 valence electrons. The lowest BCUT2D eigenvalue weighted by atomic mass is 10.3. The minimum Gasteiger partial charge on any atom is -0.323 e. The lowest BCUT2D eigenvalue weighted by Gasteiger charge is -2.00. The van der Waals surface area contributed by atoms with Gasteiger partial charge in [0.15, 0.2) is 0 Å². The van der Waals surface area contributed by atoms with Crippen LogP contribution < -0.4 is 5.32 Å². The van der Waals surface area contributed by atoms with Gasteiger partial charge in [-0.1, -0.05) is 18.2 Å². The maximum absolute atomic E-state index is 12.8. The summed E-state index contributed by atoms with van der Waals surface area (Å²) < 4.78 is 12.8. The number of benzene rings is 2. The van der Waals surface area contributed by atoms with Crippen LogP contribution in [0.15, 0.2) is 66.9 Å². The van der Waals surface area contributed by atoms with Crippen LogP contribution in [0.1, 0.15) is 5.69 Å². The van der Waals surface area contributed by atoms with Crippen LogP contribution in [0.2, 0.25) is 0 Å². The highest BCUT2D eigenvalue weighted by molar-refractivity contribution is 6.01. The van der Waals surface area contributed by atoms with Crippen LogP contribution in [0.3, 0.4) is 0 Å². The molecule has 0 saturated carbocycles. The molecule has 0 spiro atoms. The molecule has 3 aromatic rings. The lowest BCUT2D eigenvalue weighted by molar-refractivity contribution is -0.111. The summed E-state index contributed by atoms with van der Waals surface area (Å²) in [5, 5.41) is 11.0. The molecule has 3 rings (SSSR count). The van der Waals surface area contributed by atoms with Gasteiger partial charge in [0.1, 0.15) is 11.5 Å². The first-order valence-corrected chi connectivity index (χ1v) is 6.93. The van der Waals surface area contributed by atoms with E-state index in [1.807, 2.05) is 30.3 Å². The Morgan fingerprint density at radius 3 is 2.57 bits per heavy atom. The molecule has 0 aliphatic rings. The Morgan fingerprint density at radius 1 is 1.09 bits per heavy atom. The lowest BCUT2D eigenvalue weighted by Crippen LogP contribution is -2.07. The zero-order valence-electron chi connectivity index (χ0n) is 12.1. The average molecular weight is 308 g/mol. The zero-order valence-corrected chi connectivity index (χ0v) is 12.1. The highest BCUT2D eigenvalue weighted by atomic mass is 19.1. The van der Waals surface area contributed by atoms with Crippen molar-refractivity contribution in [3.05, 3.63) is 78.4 Å². The number of nitrogens with zero attached hydrogens (tertiary/aromatic N) is 3. The quantitative estimate of drug-likeness (QED) is 0.754. The van der Waals surface area contributed by atoms with E-state index in [-0.39, 0.29) is 11.7 Å². The highest BCUT2D eigenvalue weighted by Crippen LogP contribution is 2.09. The number of carbonyl (C=O) groups excluding carboxylic acids is 1. The summed E-state index contributed by atoms with van der Waals surface area (Å²) in [6, 6.07) is 15.0. The van der Waals surface area contributed by atoms with Crippen LogP contribution in [0.5, 0.6) is 0 Å². The first kappa shape index (κ1) is 14.6. The summed E-state index contributed by atoms with van der Waals surface area (Å²) >= 11 is 0. The van der Waals surface area contributed by atoms with E-state index in [0.717, 1.165) is 5.69 Å². The number of nitrogens with one attached hydrogen (secondary N) is 1. The van der Waals surface area contributed by atoms with Crippen molar-refractivity contribution >= 4 is 17.7 Å². The van der Waals surface area contributed by atoms with E-state index in [2.05, 4.69) is 15.5 Å². The minimum absolute atomic E-state index is 0.328. The van der Waals surface area contributed by atoms with Gasteiger partial charge in [0.05, 0.1) is 11.9 Å². The van der Waals surface area contributed by atoms with E-state index in [9.17, 15) is 9.18 Å². The average Bonchev–Trinajstić information content (AvgIpc) is 3.05. The Balaban J connectivity index is 1.65. The van der Waals surface area contributed by atoms with Gasteiger partial charge in [-0.15, -0.1) is 5.10 Å². The molecule has 0 saturated heterocycles. The third-order valence-electron chi connectivity index (χ3n) is 3.01. The molecule has 5 nitrogen and oxygen atoms in total. The first-order valence-electron chi connectivity index (χ1n) is 6.93. The monoisotopic (exact) mass is 308 g/mol. The van der Waals surface area contributed by atoms with Crippen molar-refractivity contribution < 1.29 is 9.18 Å². The molecule has 0 radical (unpaired) electrons. The standard InChI is InChI=1S/C17H13FN4O/c18-13-6-8-14(9-7-13)20-17(23)11-10-15-12-19-22(21-15)16-4-2-1-3-5-16/h1-12H,(H,20,23)/b11-10+. The van der Waals surface area contributed by atoms with Crippen molar-refractivity contribution in [1.29, 1.82) is 0 Å². The van der Waals surface area contributed by atoms with Crippen LogP contribution in [0.25, 0.3) is 11.8 Å². The van der Waals surface area contributed by atoms with Gasteiger partial charge in [0, 0.05) is 11.8 Å². The molecule has 1 N–H and O–H groups in total. The fourth-order valence-electron chi connectivity index (χ4n) is 1.92. The van der Waals surface area contributed by atoms with Crippen molar-refractivity contribution in [2.75, 3.05) is 5.32 Å². The highest BCUT2D eigenvalue weighted by Gasteiger charge is 2.01. The Labute approximate surface area is 132 Å². The molecule has 2 aromatic carbocycles. The molecule has 0 atom stereocenters. The SMILES string of the molecule is O=C(/C=C/c1cnn(-c2ccccc2)n1)Nc1ccc(F)cc1. The van der Waals surface area contributed by atoms with E-state index < -0.39 is 0 Å². The van der Waals surface area contributed by atoms with Gasteiger partial charge in [-0.25, -0.2) is 4.39 Å². The van der Waals surface area contributed by atoms with E-state index in [1.54, 1.807) is 12.3 Å². The molecule has 1 aromatic heterocycles. The number of amides is 1. The van der Waals surface area contributed by atoms with E-state index in [0.29, 0.717) is 11.4 Å². The number of hydrogen-bond donors (Lipinski definition) is 1.